The summed E-state index contributed by atoms with van der Waals surface area (Å²) in [4.78, 5) is 13.6. The van der Waals surface area contributed by atoms with E-state index in [4.69, 9.17) is 16.3 Å². The Bertz CT molecular complexity index is 634. The highest BCUT2D eigenvalue weighted by atomic mass is 35.5. The summed E-state index contributed by atoms with van der Waals surface area (Å²) in [5, 5.41) is 3.14. The molecule has 1 heterocycles. The predicted molar refractivity (Wildman–Crippen MR) is 86.5 cm³/mol. The van der Waals surface area contributed by atoms with E-state index in [9.17, 15) is 13.2 Å². The number of carbonyl (C=O) groups excluding carboxylic acids is 1. The highest BCUT2D eigenvalue weighted by Crippen LogP contribution is 2.28. The smallest absolute Gasteiger partial charge is 0.321 e. The SMILES string of the molecule is CCCOc1ccc(NC(=O)N2CCS(=O)(=O)CC2)cc1Cl. The third-order valence-electron chi connectivity index (χ3n) is 3.28. The van der Waals surface area contributed by atoms with Gasteiger partial charge in [0.2, 0.25) is 0 Å². The lowest BCUT2D eigenvalue weighted by atomic mass is 10.3. The summed E-state index contributed by atoms with van der Waals surface area (Å²) in [6.07, 6.45) is 0.882. The van der Waals surface area contributed by atoms with Crippen LogP contribution in [-0.4, -0.2) is 50.6 Å². The molecule has 0 aromatic heterocycles. The number of benzene rings is 1. The largest absolute Gasteiger partial charge is 0.492 e. The lowest BCUT2D eigenvalue weighted by molar-refractivity contribution is 0.216. The number of urea groups is 1. The summed E-state index contributed by atoms with van der Waals surface area (Å²) in [7, 11) is -3.00. The molecule has 0 atom stereocenters. The first-order valence-electron chi connectivity index (χ1n) is 7.10. The van der Waals surface area contributed by atoms with Crippen LogP contribution in [0.4, 0.5) is 10.5 Å². The van der Waals surface area contributed by atoms with E-state index in [2.05, 4.69) is 5.32 Å². The number of anilines is 1. The maximum Gasteiger partial charge on any atom is 0.321 e. The van der Waals surface area contributed by atoms with Crippen LogP contribution in [0.25, 0.3) is 0 Å². The summed E-state index contributed by atoms with van der Waals surface area (Å²) in [6.45, 7) is 2.99. The topological polar surface area (TPSA) is 75.7 Å². The molecule has 0 spiro atoms. The standard InChI is InChI=1S/C14H19ClN2O4S/c1-2-7-21-13-4-3-11(10-12(13)15)16-14(18)17-5-8-22(19,20)9-6-17/h3-4,10H,2,5-9H2,1H3,(H,16,18). The Morgan fingerprint density at radius 2 is 2.05 bits per heavy atom. The quantitative estimate of drug-likeness (QED) is 0.908. The molecular weight excluding hydrogens is 328 g/mol. The Labute approximate surface area is 135 Å². The van der Waals surface area contributed by atoms with Gasteiger partial charge in [0.1, 0.15) is 5.75 Å². The first-order valence-corrected chi connectivity index (χ1v) is 9.30. The first kappa shape index (κ1) is 16.9. The number of nitrogens with zero attached hydrogens (tertiary/aromatic N) is 1. The van der Waals surface area contributed by atoms with Crippen LogP contribution in [0.3, 0.4) is 0 Å². The second-order valence-corrected chi connectivity index (χ2v) is 7.77. The average Bonchev–Trinajstić information content (AvgIpc) is 2.46. The van der Waals surface area contributed by atoms with E-state index in [1.165, 1.54) is 4.90 Å². The van der Waals surface area contributed by atoms with Crippen molar-refractivity contribution in [2.24, 2.45) is 0 Å². The molecule has 122 valence electrons. The number of nitrogens with one attached hydrogen (secondary N) is 1. The van der Waals surface area contributed by atoms with Gasteiger partial charge < -0.3 is 15.0 Å². The molecule has 2 amide bonds. The highest BCUT2D eigenvalue weighted by Gasteiger charge is 2.25. The maximum atomic E-state index is 12.1. The van der Waals surface area contributed by atoms with Gasteiger partial charge in [0.25, 0.3) is 0 Å². The van der Waals surface area contributed by atoms with Crippen molar-refractivity contribution >= 4 is 33.2 Å². The third-order valence-corrected chi connectivity index (χ3v) is 5.18. The van der Waals surface area contributed by atoms with Crippen LogP contribution in [0.2, 0.25) is 5.02 Å². The van der Waals surface area contributed by atoms with Gasteiger partial charge in [-0.25, -0.2) is 13.2 Å². The molecule has 1 N–H and O–H groups in total. The average molecular weight is 347 g/mol. The van der Waals surface area contributed by atoms with E-state index in [1.54, 1.807) is 18.2 Å². The number of hydrogen-bond donors (Lipinski definition) is 1. The zero-order valence-corrected chi connectivity index (χ0v) is 13.9. The fourth-order valence-corrected chi connectivity index (χ4v) is 3.46. The molecule has 0 bridgehead atoms. The van der Waals surface area contributed by atoms with Gasteiger partial charge in [-0.2, -0.15) is 0 Å². The monoisotopic (exact) mass is 346 g/mol. The molecular formula is C14H19ClN2O4S. The highest BCUT2D eigenvalue weighted by molar-refractivity contribution is 7.91. The molecule has 0 saturated carbocycles. The maximum absolute atomic E-state index is 12.1. The van der Waals surface area contributed by atoms with Crippen LogP contribution >= 0.6 is 11.6 Å². The second-order valence-electron chi connectivity index (χ2n) is 5.06. The molecule has 1 aromatic rings. The van der Waals surface area contributed by atoms with Crippen LogP contribution in [0, 0.1) is 0 Å². The van der Waals surface area contributed by atoms with Gasteiger partial charge >= 0.3 is 6.03 Å². The van der Waals surface area contributed by atoms with E-state index < -0.39 is 9.84 Å². The van der Waals surface area contributed by atoms with Gasteiger partial charge in [0, 0.05) is 18.8 Å². The lowest BCUT2D eigenvalue weighted by Gasteiger charge is -2.26. The number of amides is 2. The third kappa shape index (κ3) is 4.51. The molecule has 0 aliphatic carbocycles. The van der Waals surface area contributed by atoms with E-state index in [0.29, 0.717) is 23.1 Å². The molecule has 2 rings (SSSR count). The lowest BCUT2D eigenvalue weighted by Crippen LogP contribution is -2.45. The molecule has 1 fully saturated rings. The Hall–Kier alpha value is -1.47. The molecule has 22 heavy (non-hydrogen) atoms. The van der Waals surface area contributed by atoms with Crippen molar-refractivity contribution in [3.05, 3.63) is 23.2 Å². The van der Waals surface area contributed by atoms with Crippen molar-refractivity contribution in [2.75, 3.05) is 36.5 Å². The van der Waals surface area contributed by atoms with Crippen molar-refractivity contribution in [1.82, 2.24) is 4.90 Å². The first-order chi connectivity index (χ1) is 10.4. The van der Waals surface area contributed by atoms with Gasteiger partial charge in [-0.15, -0.1) is 0 Å². The summed E-state index contributed by atoms with van der Waals surface area (Å²) in [6, 6.07) is 4.70. The number of sulfone groups is 1. The Morgan fingerprint density at radius 3 is 2.64 bits per heavy atom. The second kappa shape index (κ2) is 7.19. The van der Waals surface area contributed by atoms with Crippen LogP contribution in [0.15, 0.2) is 18.2 Å². The normalized spacial score (nSPS) is 17.1. The minimum atomic E-state index is -3.00. The molecule has 1 aliphatic heterocycles. The summed E-state index contributed by atoms with van der Waals surface area (Å²) in [5.74, 6) is 0.584. The molecule has 1 saturated heterocycles. The summed E-state index contributed by atoms with van der Waals surface area (Å²) < 4.78 is 28.2. The Balaban J connectivity index is 1.96. The predicted octanol–water partition coefficient (Wildman–Crippen LogP) is 2.39. The Morgan fingerprint density at radius 1 is 1.36 bits per heavy atom. The van der Waals surface area contributed by atoms with Crippen molar-refractivity contribution in [1.29, 1.82) is 0 Å². The van der Waals surface area contributed by atoms with Crippen molar-refractivity contribution < 1.29 is 17.9 Å². The van der Waals surface area contributed by atoms with Gasteiger partial charge in [-0.05, 0) is 24.6 Å². The van der Waals surface area contributed by atoms with Gasteiger partial charge in [-0.1, -0.05) is 18.5 Å². The van der Waals surface area contributed by atoms with E-state index in [0.717, 1.165) is 6.42 Å². The minimum Gasteiger partial charge on any atom is -0.492 e. The van der Waals surface area contributed by atoms with Crippen LogP contribution in [0.5, 0.6) is 5.75 Å². The molecule has 8 heteroatoms. The zero-order chi connectivity index (χ0) is 16.2. The number of hydrogen-bond acceptors (Lipinski definition) is 4. The van der Waals surface area contributed by atoms with Crippen molar-refractivity contribution in [2.45, 2.75) is 13.3 Å². The van der Waals surface area contributed by atoms with Crippen LogP contribution in [0.1, 0.15) is 13.3 Å². The van der Waals surface area contributed by atoms with Gasteiger partial charge in [0.05, 0.1) is 23.1 Å². The Kier molecular flexibility index (Phi) is 5.52. The number of rotatable bonds is 4. The summed E-state index contributed by atoms with van der Waals surface area (Å²) in [5.41, 5.74) is 0.548. The van der Waals surface area contributed by atoms with Crippen molar-refractivity contribution in [3.63, 3.8) is 0 Å². The van der Waals surface area contributed by atoms with Gasteiger partial charge in [-0.3, -0.25) is 0 Å². The van der Waals surface area contributed by atoms with Gasteiger partial charge in [0.15, 0.2) is 9.84 Å². The zero-order valence-electron chi connectivity index (χ0n) is 12.3. The number of ether oxygens (including phenoxy) is 1. The van der Waals surface area contributed by atoms with Crippen molar-refractivity contribution in [3.8, 4) is 5.75 Å². The molecule has 1 aromatic carbocycles. The van der Waals surface area contributed by atoms with E-state index >= 15 is 0 Å². The molecule has 0 radical (unpaired) electrons. The molecule has 1 aliphatic rings. The number of carbonyl (C=O) groups is 1. The van der Waals surface area contributed by atoms with E-state index in [-0.39, 0.29) is 30.6 Å². The van der Waals surface area contributed by atoms with Crippen LogP contribution < -0.4 is 10.1 Å². The minimum absolute atomic E-state index is 0.00493. The molecule has 6 nitrogen and oxygen atoms in total. The van der Waals surface area contributed by atoms with Crippen LogP contribution in [-0.2, 0) is 9.84 Å². The fraction of sp³-hybridized carbons (Fsp3) is 0.500. The fourth-order valence-electron chi connectivity index (χ4n) is 2.03. The van der Waals surface area contributed by atoms with E-state index in [1.807, 2.05) is 6.92 Å². The number of halogens is 1. The summed E-state index contributed by atoms with van der Waals surface area (Å²) >= 11 is 6.10. The molecule has 0 unspecified atom stereocenters.